The lowest BCUT2D eigenvalue weighted by atomic mass is 9.98. The van der Waals surface area contributed by atoms with Gasteiger partial charge in [0.2, 0.25) is 0 Å². The third-order valence-corrected chi connectivity index (χ3v) is 3.61. The molecule has 2 aromatic rings. The van der Waals surface area contributed by atoms with Crippen LogP contribution in [0.4, 0.5) is 0 Å². The summed E-state index contributed by atoms with van der Waals surface area (Å²) in [5.41, 5.74) is 5.83. The quantitative estimate of drug-likeness (QED) is 0.879. The second-order valence-electron chi connectivity index (χ2n) is 3.99. The number of nitrogens with one attached hydrogen (secondary N) is 1. The monoisotopic (exact) mass is 232 g/mol. The molecule has 2 nitrogen and oxygen atoms in total. The molecule has 1 aromatic heterocycles. The first-order valence-corrected chi connectivity index (χ1v) is 6.23. The van der Waals surface area contributed by atoms with E-state index >= 15 is 0 Å². The molecule has 2 rings (SSSR count). The molecule has 16 heavy (non-hydrogen) atoms. The summed E-state index contributed by atoms with van der Waals surface area (Å²) in [6, 6.07) is 6.83. The van der Waals surface area contributed by atoms with Gasteiger partial charge in [-0.1, -0.05) is 23.8 Å². The lowest BCUT2D eigenvalue weighted by Crippen LogP contribution is -2.17. The Balaban J connectivity index is 2.44. The Labute approximate surface area is 100 Å². The van der Waals surface area contributed by atoms with Crippen LogP contribution in [0.2, 0.25) is 0 Å². The molecular formula is C13H16N2S. The van der Waals surface area contributed by atoms with Crippen molar-refractivity contribution in [3.63, 3.8) is 0 Å². The molecule has 0 amide bonds. The number of aromatic nitrogens is 1. The van der Waals surface area contributed by atoms with Gasteiger partial charge in [0.05, 0.1) is 11.6 Å². The van der Waals surface area contributed by atoms with Crippen LogP contribution in [0.3, 0.4) is 0 Å². The minimum absolute atomic E-state index is 0.257. The van der Waals surface area contributed by atoms with Gasteiger partial charge in [-0.2, -0.15) is 0 Å². The number of hydrogen-bond acceptors (Lipinski definition) is 3. The van der Waals surface area contributed by atoms with Crippen molar-refractivity contribution in [1.82, 2.24) is 10.3 Å². The highest BCUT2D eigenvalue weighted by atomic mass is 32.1. The fourth-order valence-corrected chi connectivity index (χ4v) is 2.64. The highest BCUT2D eigenvalue weighted by Crippen LogP contribution is 2.27. The van der Waals surface area contributed by atoms with Crippen LogP contribution in [0.5, 0.6) is 0 Å². The standard InChI is InChI=1S/C13H16N2S/c1-9-4-5-10(2)11(6-9)13(14-3)12-7-15-8-16-12/h4-8,13-14H,1-3H3. The Morgan fingerprint density at radius 1 is 1.31 bits per heavy atom. The predicted molar refractivity (Wildman–Crippen MR) is 68.9 cm³/mol. The Morgan fingerprint density at radius 2 is 2.12 bits per heavy atom. The van der Waals surface area contributed by atoms with E-state index in [4.69, 9.17) is 0 Å². The number of nitrogens with zero attached hydrogens (tertiary/aromatic N) is 1. The highest BCUT2D eigenvalue weighted by Gasteiger charge is 2.15. The molecule has 0 aliphatic heterocycles. The Kier molecular flexibility index (Phi) is 3.36. The van der Waals surface area contributed by atoms with Crippen molar-refractivity contribution < 1.29 is 0 Å². The smallest absolute Gasteiger partial charge is 0.0794 e. The summed E-state index contributed by atoms with van der Waals surface area (Å²) in [6.07, 6.45) is 1.94. The van der Waals surface area contributed by atoms with Crippen LogP contribution in [-0.4, -0.2) is 12.0 Å². The summed E-state index contributed by atoms with van der Waals surface area (Å²) in [5, 5.41) is 3.36. The molecule has 1 atom stereocenters. The van der Waals surface area contributed by atoms with E-state index in [0.29, 0.717) is 0 Å². The predicted octanol–water partition coefficient (Wildman–Crippen LogP) is 3.07. The van der Waals surface area contributed by atoms with Crippen molar-refractivity contribution in [3.05, 3.63) is 51.5 Å². The van der Waals surface area contributed by atoms with Crippen LogP contribution >= 0.6 is 11.3 Å². The van der Waals surface area contributed by atoms with Gasteiger partial charge in [-0.15, -0.1) is 11.3 Å². The maximum atomic E-state index is 4.15. The van der Waals surface area contributed by atoms with Crippen LogP contribution in [0.1, 0.15) is 27.6 Å². The Bertz CT molecular complexity index is 463. The van der Waals surface area contributed by atoms with Gasteiger partial charge in [0, 0.05) is 11.1 Å². The van der Waals surface area contributed by atoms with Gasteiger partial charge in [-0.3, -0.25) is 4.98 Å². The number of aryl methyl sites for hydroxylation is 2. The van der Waals surface area contributed by atoms with Gasteiger partial charge in [-0.05, 0) is 32.0 Å². The van der Waals surface area contributed by atoms with Crippen molar-refractivity contribution in [2.24, 2.45) is 0 Å². The molecule has 1 heterocycles. The van der Waals surface area contributed by atoms with Gasteiger partial charge in [0.15, 0.2) is 0 Å². The summed E-state index contributed by atoms with van der Waals surface area (Å²) in [7, 11) is 1.99. The van der Waals surface area contributed by atoms with Crippen LogP contribution in [0.15, 0.2) is 29.9 Å². The molecule has 1 N–H and O–H groups in total. The molecule has 0 fully saturated rings. The SMILES string of the molecule is CNC(c1cncs1)c1cc(C)ccc1C. The third kappa shape index (κ3) is 2.15. The molecule has 0 saturated heterocycles. The molecule has 84 valence electrons. The summed E-state index contributed by atoms with van der Waals surface area (Å²) in [6.45, 7) is 4.28. The van der Waals surface area contributed by atoms with E-state index in [1.807, 2.05) is 18.8 Å². The van der Waals surface area contributed by atoms with Crippen LogP contribution in [0.25, 0.3) is 0 Å². The third-order valence-electron chi connectivity index (χ3n) is 2.77. The second-order valence-corrected chi connectivity index (χ2v) is 4.90. The average molecular weight is 232 g/mol. The van der Waals surface area contributed by atoms with E-state index < -0.39 is 0 Å². The van der Waals surface area contributed by atoms with Crippen LogP contribution in [-0.2, 0) is 0 Å². The van der Waals surface area contributed by atoms with Crippen molar-refractivity contribution in [2.75, 3.05) is 7.05 Å². The van der Waals surface area contributed by atoms with E-state index in [9.17, 15) is 0 Å². The zero-order valence-electron chi connectivity index (χ0n) is 9.82. The summed E-state index contributed by atoms with van der Waals surface area (Å²) in [4.78, 5) is 5.41. The van der Waals surface area contributed by atoms with E-state index in [2.05, 4.69) is 42.3 Å². The van der Waals surface area contributed by atoms with E-state index in [-0.39, 0.29) is 6.04 Å². The molecule has 0 spiro atoms. The van der Waals surface area contributed by atoms with Crippen molar-refractivity contribution in [2.45, 2.75) is 19.9 Å². The first-order chi connectivity index (χ1) is 7.72. The highest BCUT2D eigenvalue weighted by molar-refractivity contribution is 7.09. The summed E-state index contributed by atoms with van der Waals surface area (Å²) >= 11 is 1.69. The average Bonchev–Trinajstić information content (AvgIpc) is 2.78. The molecule has 0 radical (unpaired) electrons. The van der Waals surface area contributed by atoms with E-state index in [1.54, 1.807) is 11.3 Å². The zero-order valence-corrected chi connectivity index (χ0v) is 10.6. The van der Waals surface area contributed by atoms with Gasteiger partial charge >= 0.3 is 0 Å². The van der Waals surface area contributed by atoms with Crippen molar-refractivity contribution in [3.8, 4) is 0 Å². The molecular weight excluding hydrogens is 216 g/mol. The van der Waals surface area contributed by atoms with Gasteiger partial charge in [0.25, 0.3) is 0 Å². The summed E-state index contributed by atoms with van der Waals surface area (Å²) in [5.74, 6) is 0. The first-order valence-electron chi connectivity index (χ1n) is 5.35. The molecule has 0 bridgehead atoms. The van der Waals surface area contributed by atoms with Crippen LogP contribution in [0, 0.1) is 13.8 Å². The second kappa shape index (κ2) is 4.76. The van der Waals surface area contributed by atoms with Crippen molar-refractivity contribution in [1.29, 1.82) is 0 Å². The number of hydrogen-bond donors (Lipinski definition) is 1. The molecule has 0 saturated carbocycles. The molecule has 0 aliphatic carbocycles. The Hall–Kier alpha value is -1.19. The number of thiazole rings is 1. The normalized spacial score (nSPS) is 12.7. The fraction of sp³-hybridized carbons (Fsp3) is 0.308. The zero-order chi connectivity index (χ0) is 11.5. The van der Waals surface area contributed by atoms with Gasteiger partial charge in [0.1, 0.15) is 0 Å². The van der Waals surface area contributed by atoms with E-state index in [1.165, 1.54) is 21.6 Å². The maximum absolute atomic E-state index is 4.15. The lowest BCUT2D eigenvalue weighted by molar-refractivity contribution is 0.697. The minimum atomic E-state index is 0.257. The molecule has 3 heteroatoms. The topological polar surface area (TPSA) is 24.9 Å². The van der Waals surface area contributed by atoms with Gasteiger partial charge < -0.3 is 5.32 Å². The van der Waals surface area contributed by atoms with Gasteiger partial charge in [-0.25, -0.2) is 0 Å². The minimum Gasteiger partial charge on any atom is -0.309 e. The Morgan fingerprint density at radius 3 is 2.75 bits per heavy atom. The molecule has 1 unspecified atom stereocenters. The lowest BCUT2D eigenvalue weighted by Gasteiger charge is -2.17. The molecule has 0 aliphatic rings. The molecule has 1 aromatic carbocycles. The number of rotatable bonds is 3. The van der Waals surface area contributed by atoms with E-state index in [0.717, 1.165) is 0 Å². The first kappa shape index (κ1) is 11.3. The summed E-state index contributed by atoms with van der Waals surface area (Å²) < 4.78 is 0. The van der Waals surface area contributed by atoms with Crippen LogP contribution < -0.4 is 5.32 Å². The van der Waals surface area contributed by atoms with Crippen molar-refractivity contribution >= 4 is 11.3 Å². The fourth-order valence-electron chi connectivity index (χ4n) is 1.89. The largest absolute Gasteiger partial charge is 0.309 e. The number of benzene rings is 1. The maximum Gasteiger partial charge on any atom is 0.0794 e.